The first-order valence-corrected chi connectivity index (χ1v) is 6.52. The topological polar surface area (TPSA) is 85.8 Å². The van der Waals surface area contributed by atoms with Crippen molar-refractivity contribution in [2.45, 2.75) is 13.5 Å². The molecule has 0 spiro atoms. The number of nitrogens with one attached hydrogen (secondary N) is 1. The Bertz CT molecular complexity index is 708. The summed E-state index contributed by atoms with van der Waals surface area (Å²) in [5, 5.41) is 10.5. The summed E-state index contributed by atoms with van der Waals surface area (Å²) in [7, 11) is 1.83. The molecule has 0 aliphatic carbocycles. The van der Waals surface area contributed by atoms with E-state index in [9.17, 15) is 4.79 Å². The third-order valence-electron chi connectivity index (χ3n) is 3.03. The van der Waals surface area contributed by atoms with Gasteiger partial charge in [0.15, 0.2) is 5.82 Å². The summed E-state index contributed by atoms with van der Waals surface area (Å²) in [6.45, 7) is 2.51. The van der Waals surface area contributed by atoms with E-state index in [1.807, 2.05) is 26.1 Å². The molecule has 0 radical (unpaired) electrons. The lowest BCUT2D eigenvalue weighted by atomic mass is 10.0. The number of carbonyl (C=O) groups is 1. The highest BCUT2D eigenvalue weighted by molar-refractivity contribution is 5.95. The molecule has 0 saturated heterocycles. The predicted octanol–water partition coefficient (Wildman–Crippen LogP) is 0.364. The Morgan fingerprint density at radius 2 is 2.29 bits per heavy atom. The first kappa shape index (κ1) is 14.8. The molecule has 0 unspecified atom stereocenters. The van der Waals surface area contributed by atoms with Gasteiger partial charge in [0.1, 0.15) is 6.33 Å². The van der Waals surface area contributed by atoms with Crippen molar-refractivity contribution < 1.29 is 4.79 Å². The third kappa shape index (κ3) is 3.68. The molecule has 0 fully saturated rings. The fourth-order valence-corrected chi connectivity index (χ4v) is 1.82. The van der Waals surface area contributed by atoms with E-state index in [-0.39, 0.29) is 5.91 Å². The van der Waals surface area contributed by atoms with E-state index in [1.165, 1.54) is 0 Å². The molecule has 1 heterocycles. The molecule has 2 aromatic rings. The summed E-state index contributed by atoms with van der Waals surface area (Å²) in [5.41, 5.74) is 7.62. The lowest BCUT2D eigenvalue weighted by molar-refractivity contribution is 0.0949. The minimum absolute atomic E-state index is 0.160. The molecular weight excluding hydrogens is 266 g/mol. The van der Waals surface area contributed by atoms with Crippen molar-refractivity contribution in [3.05, 3.63) is 47.0 Å². The summed E-state index contributed by atoms with van der Waals surface area (Å²) < 4.78 is 1.76. The van der Waals surface area contributed by atoms with Gasteiger partial charge in [-0.15, -0.1) is 10.2 Å². The molecule has 0 aliphatic heterocycles. The van der Waals surface area contributed by atoms with Crippen LogP contribution in [0.25, 0.3) is 0 Å². The quantitative estimate of drug-likeness (QED) is 0.797. The van der Waals surface area contributed by atoms with E-state index in [0.717, 1.165) is 11.1 Å². The van der Waals surface area contributed by atoms with Crippen LogP contribution in [0.2, 0.25) is 0 Å². The summed E-state index contributed by atoms with van der Waals surface area (Å²) >= 11 is 0. The van der Waals surface area contributed by atoms with Crippen molar-refractivity contribution in [1.82, 2.24) is 20.1 Å². The smallest absolute Gasteiger partial charge is 0.251 e. The SMILES string of the molecule is Cc1ccc(C#CCN)cc1C(=O)NCc1nncn1C. The number of rotatable bonds is 3. The van der Waals surface area contributed by atoms with Crippen molar-refractivity contribution in [2.75, 3.05) is 6.54 Å². The summed E-state index contributed by atoms with van der Waals surface area (Å²) in [5.74, 6) is 6.23. The van der Waals surface area contributed by atoms with Crippen molar-refractivity contribution in [3.8, 4) is 11.8 Å². The highest BCUT2D eigenvalue weighted by Crippen LogP contribution is 2.11. The molecule has 0 atom stereocenters. The minimum Gasteiger partial charge on any atom is -0.345 e. The fraction of sp³-hybridized carbons (Fsp3) is 0.267. The van der Waals surface area contributed by atoms with Crippen molar-refractivity contribution in [2.24, 2.45) is 12.8 Å². The fourth-order valence-electron chi connectivity index (χ4n) is 1.82. The summed E-state index contributed by atoms with van der Waals surface area (Å²) in [6, 6.07) is 5.51. The monoisotopic (exact) mass is 283 g/mol. The Morgan fingerprint density at radius 3 is 2.95 bits per heavy atom. The van der Waals surface area contributed by atoms with Crippen LogP contribution in [-0.4, -0.2) is 27.2 Å². The number of benzene rings is 1. The van der Waals surface area contributed by atoms with Gasteiger partial charge in [-0.25, -0.2) is 0 Å². The Kier molecular flexibility index (Phi) is 4.69. The summed E-state index contributed by atoms with van der Waals surface area (Å²) in [6.07, 6.45) is 1.59. The standard InChI is InChI=1S/C15H17N5O/c1-11-5-6-12(4-3-7-16)8-13(11)15(21)17-9-14-19-18-10-20(14)2/h5-6,8,10H,7,9,16H2,1-2H3,(H,17,21). The molecule has 6 heteroatoms. The number of hydrogen-bond donors (Lipinski definition) is 2. The number of carbonyl (C=O) groups excluding carboxylic acids is 1. The Hall–Kier alpha value is -2.65. The number of aromatic nitrogens is 3. The molecule has 2 rings (SSSR count). The number of nitrogens with zero attached hydrogens (tertiary/aromatic N) is 3. The number of nitrogens with two attached hydrogens (primary N) is 1. The first-order chi connectivity index (χ1) is 10.1. The van der Waals surface area contributed by atoms with Crippen LogP contribution in [0.1, 0.15) is 27.3 Å². The van der Waals surface area contributed by atoms with Gasteiger partial charge in [-0.3, -0.25) is 4.79 Å². The maximum Gasteiger partial charge on any atom is 0.251 e. The van der Waals surface area contributed by atoms with E-state index in [4.69, 9.17) is 5.73 Å². The van der Waals surface area contributed by atoms with Gasteiger partial charge >= 0.3 is 0 Å². The van der Waals surface area contributed by atoms with Crippen molar-refractivity contribution in [1.29, 1.82) is 0 Å². The zero-order valence-corrected chi connectivity index (χ0v) is 12.1. The maximum absolute atomic E-state index is 12.3. The van der Waals surface area contributed by atoms with Gasteiger partial charge in [-0.2, -0.15) is 0 Å². The van der Waals surface area contributed by atoms with Crippen LogP contribution in [0.5, 0.6) is 0 Å². The number of hydrogen-bond acceptors (Lipinski definition) is 4. The second-order valence-corrected chi connectivity index (χ2v) is 4.58. The average molecular weight is 283 g/mol. The van der Waals surface area contributed by atoms with Crippen LogP contribution in [0.4, 0.5) is 0 Å². The van der Waals surface area contributed by atoms with E-state index >= 15 is 0 Å². The second kappa shape index (κ2) is 6.68. The van der Waals surface area contributed by atoms with Crippen LogP contribution < -0.4 is 11.1 Å². The highest BCUT2D eigenvalue weighted by Gasteiger charge is 2.10. The van der Waals surface area contributed by atoms with Crippen LogP contribution >= 0.6 is 0 Å². The molecule has 0 saturated carbocycles. The largest absolute Gasteiger partial charge is 0.345 e. The van der Waals surface area contributed by atoms with Gasteiger partial charge in [0, 0.05) is 18.2 Å². The van der Waals surface area contributed by atoms with Crippen LogP contribution in [0.3, 0.4) is 0 Å². The normalized spacial score (nSPS) is 9.86. The number of aryl methyl sites for hydroxylation is 2. The van der Waals surface area contributed by atoms with Gasteiger partial charge in [0.25, 0.3) is 5.91 Å². The van der Waals surface area contributed by atoms with Crippen molar-refractivity contribution >= 4 is 5.91 Å². The molecule has 108 valence electrons. The second-order valence-electron chi connectivity index (χ2n) is 4.58. The van der Waals surface area contributed by atoms with Gasteiger partial charge in [-0.05, 0) is 24.6 Å². The van der Waals surface area contributed by atoms with Gasteiger partial charge < -0.3 is 15.6 Å². The minimum atomic E-state index is -0.160. The Balaban J connectivity index is 2.13. The molecule has 21 heavy (non-hydrogen) atoms. The lowest BCUT2D eigenvalue weighted by Gasteiger charge is -2.08. The number of amides is 1. The van der Waals surface area contributed by atoms with E-state index in [2.05, 4.69) is 27.4 Å². The Morgan fingerprint density at radius 1 is 1.48 bits per heavy atom. The predicted molar refractivity (Wildman–Crippen MR) is 79.3 cm³/mol. The third-order valence-corrected chi connectivity index (χ3v) is 3.03. The van der Waals surface area contributed by atoms with Crippen LogP contribution in [-0.2, 0) is 13.6 Å². The lowest BCUT2D eigenvalue weighted by Crippen LogP contribution is -2.25. The van der Waals surface area contributed by atoms with E-state index in [0.29, 0.717) is 24.5 Å². The van der Waals surface area contributed by atoms with Crippen molar-refractivity contribution in [3.63, 3.8) is 0 Å². The molecular formula is C15H17N5O. The van der Waals surface area contributed by atoms with Gasteiger partial charge in [0.05, 0.1) is 13.1 Å². The average Bonchev–Trinajstić information content (AvgIpc) is 2.89. The van der Waals surface area contributed by atoms with E-state index in [1.54, 1.807) is 17.0 Å². The highest BCUT2D eigenvalue weighted by atomic mass is 16.1. The van der Waals surface area contributed by atoms with Crippen LogP contribution in [0.15, 0.2) is 24.5 Å². The Labute approximate surface area is 123 Å². The molecule has 3 N–H and O–H groups in total. The molecule has 0 aliphatic rings. The zero-order chi connectivity index (χ0) is 15.2. The van der Waals surface area contributed by atoms with Gasteiger partial charge in [0.2, 0.25) is 0 Å². The van der Waals surface area contributed by atoms with Gasteiger partial charge in [-0.1, -0.05) is 17.9 Å². The zero-order valence-electron chi connectivity index (χ0n) is 12.1. The maximum atomic E-state index is 12.3. The van der Waals surface area contributed by atoms with Crippen LogP contribution in [0, 0.1) is 18.8 Å². The summed E-state index contributed by atoms with van der Waals surface area (Å²) in [4.78, 5) is 12.3. The molecule has 1 amide bonds. The molecule has 6 nitrogen and oxygen atoms in total. The molecule has 1 aromatic heterocycles. The first-order valence-electron chi connectivity index (χ1n) is 6.52. The molecule has 0 bridgehead atoms. The molecule has 1 aromatic carbocycles. The van der Waals surface area contributed by atoms with E-state index < -0.39 is 0 Å².